The van der Waals surface area contributed by atoms with Crippen molar-refractivity contribution in [3.8, 4) is 17.2 Å². The van der Waals surface area contributed by atoms with Crippen molar-refractivity contribution in [3.05, 3.63) is 65.5 Å². The van der Waals surface area contributed by atoms with Gasteiger partial charge in [0.05, 0.1) is 13.7 Å². The number of aromatic nitrogens is 2. The molecule has 0 aliphatic carbocycles. The molecule has 0 aliphatic heterocycles. The van der Waals surface area contributed by atoms with E-state index in [-0.39, 0.29) is 12.5 Å². The number of ether oxygens (including phenoxy) is 1. The summed E-state index contributed by atoms with van der Waals surface area (Å²) in [5.41, 5.74) is 3.07. The molecular weight excluding hydrogens is 330 g/mol. The van der Waals surface area contributed by atoms with E-state index in [2.05, 4.69) is 15.5 Å². The second-order valence-corrected chi connectivity index (χ2v) is 6.00. The highest BCUT2D eigenvalue weighted by molar-refractivity contribution is 5.76. The van der Waals surface area contributed by atoms with E-state index in [0.717, 1.165) is 22.4 Å². The summed E-state index contributed by atoms with van der Waals surface area (Å²) in [6.07, 6.45) is 1.05. The third-order valence-electron chi connectivity index (χ3n) is 3.97. The van der Waals surface area contributed by atoms with E-state index in [9.17, 15) is 4.79 Å². The lowest BCUT2D eigenvalue weighted by atomic mass is 10.1. The van der Waals surface area contributed by atoms with E-state index >= 15 is 0 Å². The summed E-state index contributed by atoms with van der Waals surface area (Å²) in [5, 5.41) is 10.8. The molecule has 0 saturated heterocycles. The molecule has 0 fully saturated rings. The molecule has 0 spiro atoms. The Labute approximate surface area is 152 Å². The highest BCUT2D eigenvalue weighted by Gasteiger charge is 2.10. The van der Waals surface area contributed by atoms with Crippen LogP contribution in [0.2, 0.25) is 0 Å². The lowest BCUT2D eigenvalue weighted by molar-refractivity contribution is -0.121. The van der Waals surface area contributed by atoms with Gasteiger partial charge in [0.25, 0.3) is 0 Å². The summed E-state index contributed by atoms with van der Waals surface area (Å²) in [7, 11) is 1.63. The summed E-state index contributed by atoms with van der Waals surface area (Å²) in [6, 6.07) is 15.5. The number of nitrogens with zero attached hydrogens (tertiary/aromatic N) is 2. The second-order valence-electron chi connectivity index (χ2n) is 6.00. The highest BCUT2D eigenvalue weighted by atomic mass is 16.5. The van der Waals surface area contributed by atoms with E-state index in [4.69, 9.17) is 9.15 Å². The highest BCUT2D eigenvalue weighted by Crippen LogP contribution is 2.18. The first-order valence-electron chi connectivity index (χ1n) is 8.43. The molecule has 1 N–H and O–H groups in total. The van der Waals surface area contributed by atoms with Gasteiger partial charge >= 0.3 is 0 Å². The summed E-state index contributed by atoms with van der Waals surface area (Å²) in [5.74, 6) is 1.59. The third kappa shape index (κ3) is 4.69. The van der Waals surface area contributed by atoms with Crippen LogP contribution in [0.15, 0.2) is 52.9 Å². The van der Waals surface area contributed by atoms with Crippen molar-refractivity contribution in [3.63, 3.8) is 0 Å². The zero-order valence-electron chi connectivity index (χ0n) is 14.9. The van der Waals surface area contributed by atoms with Gasteiger partial charge in [0.1, 0.15) is 5.75 Å². The molecule has 26 heavy (non-hydrogen) atoms. The molecule has 2 aromatic carbocycles. The standard InChI is InChI=1S/C20H21N3O3/c1-14-4-3-5-16(12-14)20-23-22-19(26-20)13-21-18(24)11-8-15-6-9-17(25-2)10-7-15/h3-7,9-10,12H,8,11,13H2,1-2H3,(H,21,24). The molecule has 6 heteroatoms. The molecule has 0 aliphatic rings. The first kappa shape index (κ1) is 17.7. The van der Waals surface area contributed by atoms with Gasteiger partial charge in [-0.3, -0.25) is 4.79 Å². The number of hydrogen-bond acceptors (Lipinski definition) is 5. The minimum atomic E-state index is -0.0591. The zero-order chi connectivity index (χ0) is 18.4. The van der Waals surface area contributed by atoms with Gasteiger partial charge < -0.3 is 14.5 Å². The van der Waals surface area contributed by atoms with Crippen LogP contribution < -0.4 is 10.1 Å². The van der Waals surface area contributed by atoms with Crippen LogP contribution >= 0.6 is 0 Å². The van der Waals surface area contributed by atoms with Gasteiger partial charge in [-0.2, -0.15) is 0 Å². The average molecular weight is 351 g/mol. The minimum absolute atomic E-state index is 0.0591. The topological polar surface area (TPSA) is 77.2 Å². The van der Waals surface area contributed by atoms with Crippen molar-refractivity contribution in [2.45, 2.75) is 26.3 Å². The number of carbonyl (C=O) groups excluding carboxylic acids is 1. The molecule has 1 amide bonds. The third-order valence-corrected chi connectivity index (χ3v) is 3.97. The van der Waals surface area contributed by atoms with E-state index in [1.165, 1.54) is 0 Å². The monoisotopic (exact) mass is 351 g/mol. The SMILES string of the molecule is COc1ccc(CCC(=O)NCc2nnc(-c3cccc(C)c3)o2)cc1. The number of carbonyl (C=O) groups is 1. The van der Waals surface area contributed by atoms with Crippen molar-refractivity contribution in [2.24, 2.45) is 0 Å². The molecule has 1 heterocycles. The van der Waals surface area contributed by atoms with Crippen molar-refractivity contribution >= 4 is 5.91 Å². The van der Waals surface area contributed by atoms with Crippen LogP contribution in [0.1, 0.15) is 23.4 Å². The second kappa shape index (κ2) is 8.29. The first-order valence-corrected chi connectivity index (χ1v) is 8.43. The van der Waals surface area contributed by atoms with E-state index < -0.39 is 0 Å². The van der Waals surface area contributed by atoms with Gasteiger partial charge in [-0.1, -0.05) is 29.8 Å². The molecule has 0 radical (unpaired) electrons. The van der Waals surface area contributed by atoms with Gasteiger partial charge in [0.2, 0.25) is 17.7 Å². The Morgan fingerprint density at radius 2 is 1.96 bits per heavy atom. The Morgan fingerprint density at radius 3 is 2.69 bits per heavy atom. The maximum absolute atomic E-state index is 12.0. The van der Waals surface area contributed by atoms with Crippen LogP contribution in [0, 0.1) is 6.92 Å². The fourth-order valence-corrected chi connectivity index (χ4v) is 2.53. The maximum Gasteiger partial charge on any atom is 0.247 e. The van der Waals surface area contributed by atoms with Gasteiger partial charge in [-0.15, -0.1) is 10.2 Å². The van der Waals surface area contributed by atoms with Gasteiger partial charge in [0.15, 0.2) is 0 Å². The number of nitrogens with one attached hydrogen (secondary N) is 1. The zero-order valence-corrected chi connectivity index (χ0v) is 14.9. The van der Waals surface area contributed by atoms with Crippen LogP contribution in [-0.2, 0) is 17.8 Å². The Bertz CT molecular complexity index is 872. The quantitative estimate of drug-likeness (QED) is 0.707. The van der Waals surface area contributed by atoms with Crippen LogP contribution in [0.5, 0.6) is 5.75 Å². The van der Waals surface area contributed by atoms with E-state index in [1.54, 1.807) is 7.11 Å². The van der Waals surface area contributed by atoms with Crippen molar-refractivity contribution in [2.75, 3.05) is 7.11 Å². The molecule has 0 bridgehead atoms. The number of methoxy groups -OCH3 is 1. The first-order chi connectivity index (χ1) is 12.6. The molecule has 3 rings (SSSR count). The fraction of sp³-hybridized carbons (Fsp3) is 0.250. The predicted molar refractivity (Wildman–Crippen MR) is 97.6 cm³/mol. The molecule has 3 aromatic rings. The smallest absolute Gasteiger partial charge is 0.247 e. The van der Waals surface area contributed by atoms with Crippen LogP contribution in [-0.4, -0.2) is 23.2 Å². The van der Waals surface area contributed by atoms with Crippen LogP contribution in [0.25, 0.3) is 11.5 Å². The van der Waals surface area contributed by atoms with Gasteiger partial charge in [-0.25, -0.2) is 0 Å². The molecule has 134 valence electrons. The number of hydrogen-bond donors (Lipinski definition) is 1. The lowest BCUT2D eigenvalue weighted by Gasteiger charge is -2.04. The predicted octanol–water partition coefficient (Wildman–Crippen LogP) is 3.30. The average Bonchev–Trinajstić information content (AvgIpc) is 3.14. The summed E-state index contributed by atoms with van der Waals surface area (Å²) < 4.78 is 10.7. The Morgan fingerprint density at radius 1 is 1.15 bits per heavy atom. The number of rotatable bonds is 7. The van der Waals surface area contributed by atoms with Crippen molar-refractivity contribution in [1.29, 1.82) is 0 Å². The van der Waals surface area contributed by atoms with E-state index in [1.807, 2.05) is 55.5 Å². The minimum Gasteiger partial charge on any atom is -0.497 e. The van der Waals surface area contributed by atoms with Crippen LogP contribution in [0.3, 0.4) is 0 Å². The number of aryl methyl sites for hydroxylation is 2. The number of amides is 1. The Kier molecular flexibility index (Phi) is 5.63. The molecular formula is C20H21N3O3. The number of benzene rings is 2. The molecule has 0 saturated carbocycles. The molecule has 0 unspecified atom stereocenters. The van der Waals surface area contributed by atoms with Gasteiger partial charge in [-0.05, 0) is 43.2 Å². The summed E-state index contributed by atoms with van der Waals surface area (Å²) >= 11 is 0. The fourth-order valence-electron chi connectivity index (χ4n) is 2.53. The Balaban J connectivity index is 1.48. The van der Waals surface area contributed by atoms with E-state index in [0.29, 0.717) is 24.6 Å². The Hall–Kier alpha value is -3.15. The molecule has 0 atom stereocenters. The maximum atomic E-state index is 12.0. The van der Waals surface area contributed by atoms with Crippen molar-refractivity contribution < 1.29 is 13.9 Å². The molecule has 1 aromatic heterocycles. The largest absolute Gasteiger partial charge is 0.497 e. The summed E-state index contributed by atoms with van der Waals surface area (Å²) in [4.78, 5) is 12.0. The summed E-state index contributed by atoms with van der Waals surface area (Å²) in [6.45, 7) is 2.23. The molecule has 6 nitrogen and oxygen atoms in total. The normalized spacial score (nSPS) is 10.5. The van der Waals surface area contributed by atoms with Crippen LogP contribution in [0.4, 0.5) is 0 Å². The van der Waals surface area contributed by atoms with Gasteiger partial charge in [0, 0.05) is 12.0 Å². The lowest BCUT2D eigenvalue weighted by Crippen LogP contribution is -2.23. The van der Waals surface area contributed by atoms with Crippen molar-refractivity contribution in [1.82, 2.24) is 15.5 Å².